The smallest absolute Gasteiger partial charge is 0.327 e. The van der Waals surface area contributed by atoms with E-state index in [1.165, 1.54) is 0 Å². The number of rotatable bonds is 2. The molecule has 0 amide bonds. The molecule has 1 rings (SSSR count). The molecule has 12 heavy (non-hydrogen) atoms. The van der Waals surface area contributed by atoms with Gasteiger partial charge in [-0.05, 0) is 6.42 Å². The highest BCUT2D eigenvalue weighted by Gasteiger charge is 2.03. The number of carbonyl (C=O) groups is 1. The fourth-order valence-electron chi connectivity index (χ4n) is 1.02. The molecule has 1 aliphatic heterocycles. The number of carboxylic acid groups (broad SMARTS) is 1. The summed E-state index contributed by atoms with van der Waals surface area (Å²) < 4.78 is 5.23. The highest BCUT2D eigenvalue weighted by Crippen LogP contribution is 2.07. The Morgan fingerprint density at radius 1 is 1.67 bits per heavy atom. The normalized spacial score (nSPS) is 24.2. The molecule has 0 aliphatic carbocycles. The summed E-state index contributed by atoms with van der Waals surface area (Å²) in [6.07, 6.45) is 7.71. The van der Waals surface area contributed by atoms with Gasteiger partial charge in [0.1, 0.15) is 0 Å². The summed E-state index contributed by atoms with van der Waals surface area (Å²) in [5.41, 5.74) is 0. The fraction of sp³-hybridized carbons (Fsp3) is 0.444. The van der Waals surface area contributed by atoms with E-state index in [1.807, 2.05) is 12.2 Å². The number of hydrogen-bond donors (Lipinski definition) is 1. The van der Waals surface area contributed by atoms with Gasteiger partial charge in [-0.3, -0.25) is 0 Å². The fourth-order valence-corrected chi connectivity index (χ4v) is 1.02. The van der Waals surface area contributed by atoms with E-state index in [4.69, 9.17) is 9.84 Å². The topological polar surface area (TPSA) is 46.5 Å². The van der Waals surface area contributed by atoms with E-state index in [0.29, 0.717) is 6.61 Å². The van der Waals surface area contributed by atoms with Gasteiger partial charge in [-0.2, -0.15) is 0 Å². The molecular formula is C9H12O3. The molecule has 0 saturated heterocycles. The van der Waals surface area contributed by atoms with Crippen molar-refractivity contribution < 1.29 is 14.6 Å². The molecule has 1 atom stereocenters. The van der Waals surface area contributed by atoms with Crippen molar-refractivity contribution in [2.75, 3.05) is 13.2 Å². The van der Waals surface area contributed by atoms with E-state index >= 15 is 0 Å². The van der Waals surface area contributed by atoms with Crippen LogP contribution in [0.2, 0.25) is 0 Å². The maximum Gasteiger partial charge on any atom is 0.327 e. The second-order valence-electron chi connectivity index (χ2n) is 2.65. The number of hydrogen-bond acceptors (Lipinski definition) is 2. The van der Waals surface area contributed by atoms with Crippen molar-refractivity contribution in [1.29, 1.82) is 0 Å². The van der Waals surface area contributed by atoms with E-state index in [-0.39, 0.29) is 5.92 Å². The Bertz CT molecular complexity index is 206. The molecule has 1 N–H and O–H groups in total. The lowest BCUT2D eigenvalue weighted by atomic mass is 10.1. The zero-order valence-electron chi connectivity index (χ0n) is 6.77. The molecule has 0 aromatic rings. The van der Waals surface area contributed by atoms with Gasteiger partial charge in [0.15, 0.2) is 0 Å². The van der Waals surface area contributed by atoms with Gasteiger partial charge in [-0.15, -0.1) is 0 Å². The highest BCUT2D eigenvalue weighted by molar-refractivity contribution is 5.79. The van der Waals surface area contributed by atoms with Gasteiger partial charge in [-0.1, -0.05) is 18.2 Å². The molecule has 0 saturated carbocycles. The lowest BCUT2D eigenvalue weighted by Crippen LogP contribution is -2.03. The summed E-state index contributed by atoms with van der Waals surface area (Å²) in [4.78, 5) is 10.2. The Balaban J connectivity index is 2.44. The first-order valence-electron chi connectivity index (χ1n) is 3.94. The third-order valence-electron chi connectivity index (χ3n) is 1.61. The molecule has 1 unspecified atom stereocenters. The molecule has 0 radical (unpaired) electrons. The van der Waals surface area contributed by atoms with E-state index in [2.05, 4.69) is 0 Å². The van der Waals surface area contributed by atoms with Crippen LogP contribution in [0.1, 0.15) is 6.42 Å². The summed E-state index contributed by atoms with van der Waals surface area (Å²) in [6.45, 7) is 1.31. The molecular weight excluding hydrogens is 156 g/mol. The minimum absolute atomic E-state index is 0.114. The summed E-state index contributed by atoms with van der Waals surface area (Å²) in [7, 11) is 0. The lowest BCUT2D eigenvalue weighted by molar-refractivity contribution is -0.131. The van der Waals surface area contributed by atoms with Crippen LogP contribution >= 0.6 is 0 Å². The molecule has 0 bridgehead atoms. The van der Waals surface area contributed by atoms with Crippen LogP contribution in [-0.2, 0) is 9.53 Å². The van der Waals surface area contributed by atoms with Crippen LogP contribution in [0.3, 0.4) is 0 Å². The minimum atomic E-state index is -0.910. The second-order valence-corrected chi connectivity index (χ2v) is 2.65. The molecule has 3 heteroatoms. The first-order chi connectivity index (χ1) is 5.79. The molecule has 0 spiro atoms. The second kappa shape index (κ2) is 4.72. The van der Waals surface area contributed by atoms with Crippen LogP contribution in [0.15, 0.2) is 24.3 Å². The summed E-state index contributed by atoms with van der Waals surface area (Å²) >= 11 is 0. The predicted molar refractivity (Wildman–Crippen MR) is 44.8 cm³/mol. The van der Waals surface area contributed by atoms with Crippen molar-refractivity contribution in [3.05, 3.63) is 24.3 Å². The molecule has 3 nitrogen and oxygen atoms in total. The third-order valence-corrected chi connectivity index (χ3v) is 1.61. The average Bonchev–Trinajstić information content (AvgIpc) is 2.28. The maximum atomic E-state index is 10.2. The van der Waals surface area contributed by atoms with Crippen molar-refractivity contribution in [3.8, 4) is 0 Å². The van der Waals surface area contributed by atoms with Crippen LogP contribution < -0.4 is 0 Å². The quantitative estimate of drug-likeness (QED) is 0.498. The van der Waals surface area contributed by atoms with Crippen molar-refractivity contribution in [2.24, 2.45) is 5.92 Å². The summed E-state index contributed by atoms with van der Waals surface area (Å²) in [5.74, 6) is -0.795. The van der Waals surface area contributed by atoms with Crippen LogP contribution in [0.5, 0.6) is 0 Å². The van der Waals surface area contributed by atoms with Crippen LogP contribution in [0.25, 0.3) is 0 Å². The maximum absolute atomic E-state index is 10.2. The zero-order valence-corrected chi connectivity index (χ0v) is 6.77. The standard InChI is InChI=1S/C9H12O3/c10-9(11)5-4-8-3-1-2-6-12-7-8/h1,3-5,8H,2,6-7H2,(H,10,11). The minimum Gasteiger partial charge on any atom is -0.478 e. The van der Waals surface area contributed by atoms with E-state index in [9.17, 15) is 4.79 Å². The van der Waals surface area contributed by atoms with Gasteiger partial charge in [0.2, 0.25) is 0 Å². The van der Waals surface area contributed by atoms with Gasteiger partial charge in [0.25, 0.3) is 0 Å². The van der Waals surface area contributed by atoms with E-state index in [0.717, 1.165) is 19.1 Å². The van der Waals surface area contributed by atoms with E-state index < -0.39 is 5.97 Å². The van der Waals surface area contributed by atoms with Gasteiger partial charge in [0.05, 0.1) is 13.2 Å². The van der Waals surface area contributed by atoms with Gasteiger partial charge in [-0.25, -0.2) is 4.79 Å². The van der Waals surface area contributed by atoms with E-state index in [1.54, 1.807) is 6.08 Å². The monoisotopic (exact) mass is 168 g/mol. The number of aliphatic carboxylic acids is 1. The van der Waals surface area contributed by atoms with Crippen molar-refractivity contribution in [1.82, 2.24) is 0 Å². The summed E-state index contributed by atoms with van der Waals surface area (Å²) in [6, 6.07) is 0. The van der Waals surface area contributed by atoms with Crippen molar-refractivity contribution in [2.45, 2.75) is 6.42 Å². The van der Waals surface area contributed by atoms with Crippen molar-refractivity contribution in [3.63, 3.8) is 0 Å². The average molecular weight is 168 g/mol. The number of carboxylic acids is 1. The predicted octanol–water partition coefficient (Wildman–Crippen LogP) is 1.22. The largest absolute Gasteiger partial charge is 0.478 e. The molecule has 0 fully saturated rings. The van der Waals surface area contributed by atoms with Gasteiger partial charge in [0, 0.05) is 12.0 Å². The highest BCUT2D eigenvalue weighted by atomic mass is 16.5. The third kappa shape index (κ3) is 3.34. The molecule has 0 aromatic heterocycles. The molecule has 1 aliphatic rings. The SMILES string of the molecule is O=C(O)C=CC1C=CCCOC1. The van der Waals surface area contributed by atoms with Gasteiger partial charge >= 0.3 is 5.97 Å². The Morgan fingerprint density at radius 2 is 2.50 bits per heavy atom. The Kier molecular flexibility index (Phi) is 3.54. The summed E-state index contributed by atoms with van der Waals surface area (Å²) in [5, 5.41) is 8.36. The Labute approximate surface area is 71.3 Å². The Morgan fingerprint density at radius 3 is 3.25 bits per heavy atom. The molecule has 0 aromatic carbocycles. The zero-order chi connectivity index (χ0) is 8.81. The van der Waals surface area contributed by atoms with Crippen LogP contribution in [-0.4, -0.2) is 24.3 Å². The first kappa shape index (κ1) is 9.00. The Hall–Kier alpha value is -1.09. The molecule has 1 heterocycles. The number of ether oxygens (including phenoxy) is 1. The van der Waals surface area contributed by atoms with Gasteiger partial charge < -0.3 is 9.84 Å². The van der Waals surface area contributed by atoms with Crippen LogP contribution in [0, 0.1) is 5.92 Å². The van der Waals surface area contributed by atoms with Crippen molar-refractivity contribution >= 4 is 5.97 Å². The lowest BCUT2D eigenvalue weighted by Gasteiger charge is -2.03. The molecule has 66 valence electrons. The van der Waals surface area contributed by atoms with Crippen LogP contribution in [0.4, 0.5) is 0 Å². The first-order valence-corrected chi connectivity index (χ1v) is 3.94.